The van der Waals surface area contributed by atoms with E-state index in [1.165, 1.54) is 5.56 Å². The largest absolute Gasteiger partial charge is 0.338 e. The normalized spacial score (nSPS) is 19.5. The predicted octanol–water partition coefficient (Wildman–Crippen LogP) is 6.10. The molecule has 6 heteroatoms. The van der Waals surface area contributed by atoms with Crippen molar-refractivity contribution in [3.63, 3.8) is 0 Å². The highest BCUT2D eigenvalue weighted by Gasteiger charge is 2.43. The zero-order chi connectivity index (χ0) is 23.8. The molecule has 0 saturated heterocycles. The quantitative estimate of drug-likeness (QED) is 0.322. The van der Waals surface area contributed by atoms with E-state index in [0.29, 0.717) is 5.92 Å². The Morgan fingerprint density at radius 2 is 1.54 bits per heavy atom. The Bertz CT molecular complexity index is 1370. The van der Waals surface area contributed by atoms with Crippen LogP contribution in [0.4, 0.5) is 11.4 Å². The first-order valence-electron chi connectivity index (χ1n) is 12.4. The van der Waals surface area contributed by atoms with E-state index in [1.807, 2.05) is 60.7 Å². The Morgan fingerprint density at radius 3 is 2.31 bits per heavy atom. The highest BCUT2D eigenvalue weighted by atomic mass is 16.2. The number of nitrogens with zero attached hydrogens (tertiary/aromatic N) is 1. The molecule has 176 valence electrons. The monoisotopic (exact) mass is 464 g/mol. The molecular formula is C29H28N4O2. The topological polar surface area (TPSA) is 86.9 Å². The molecule has 6 nitrogen and oxygen atoms in total. The Hall–Kier alpha value is -3.93. The molecule has 35 heavy (non-hydrogen) atoms. The standard InChI is InChI=1S/C29H28N4O2/c34-28(20-8-4-5-9-20)31-22-14-15-25-26(16-22)33-27(32-25)19-10-12-21(13-11-19)30-29(35)24-17-23(24)18-6-2-1-3-7-18/h1-3,6-7,10-16,20,23-24H,4-5,8-9,17H2,(H,30,35)(H,31,34)(H,32,33). The van der Waals surface area contributed by atoms with Crippen LogP contribution in [0.15, 0.2) is 72.8 Å². The second kappa shape index (κ2) is 9.02. The summed E-state index contributed by atoms with van der Waals surface area (Å²) in [6.07, 6.45) is 5.13. The average molecular weight is 465 g/mol. The van der Waals surface area contributed by atoms with Gasteiger partial charge in [-0.2, -0.15) is 0 Å². The van der Waals surface area contributed by atoms with Crippen molar-refractivity contribution in [2.24, 2.45) is 11.8 Å². The maximum absolute atomic E-state index is 12.7. The summed E-state index contributed by atoms with van der Waals surface area (Å²) >= 11 is 0. The minimum absolute atomic E-state index is 0.0378. The Kier molecular flexibility index (Phi) is 5.57. The number of fused-ring (bicyclic) bond motifs is 1. The summed E-state index contributed by atoms with van der Waals surface area (Å²) < 4.78 is 0. The van der Waals surface area contributed by atoms with Gasteiger partial charge in [-0.25, -0.2) is 4.98 Å². The van der Waals surface area contributed by atoms with Crippen molar-refractivity contribution in [1.29, 1.82) is 0 Å². The van der Waals surface area contributed by atoms with E-state index >= 15 is 0 Å². The van der Waals surface area contributed by atoms with Crippen LogP contribution in [0.3, 0.4) is 0 Å². The molecule has 0 aliphatic heterocycles. The van der Waals surface area contributed by atoms with Gasteiger partial charge >= 0.3 is 0 Å². The van der Waals surface area contributed by atoms with Gasteiger partial charge in [-0.3, -0.25) is 9.59 Å². The Labute approximate surface area is 204 Å². The summed E-state index contributed by atoms with van der Waals surface area (Å²) in [7, 11) is 0. The number of rotatable bonds is 6. The van der Waals surface area contributed by atoms with Crippen molar-refractivity contribution >= 4 is 34.2 Å². The molecule has 2 saturated carbocycles. The number of hydrogen-bond donors (Lipinski definition) is 3. The SMILES string of the molecule is O=C(Nc1ccc2nc(-c3ccc(NC(=O)C4CC4c4ccccc4)cc3)[nH]c2c1)C1CCCC1. The molecular weight excluding hydrogens is 436 g/mol. The number of anilines is 2. The molecule has 0 radical (unpaired) electrons. The smallest absolute Gasteiger partial charge is 0.228 e. The minimum atomic E-state index is 0.0378. The van der Waals surface area contributed by atoms with Crippen LogP contribution in [0.5, 0.6) is 0 Å². The lowest BCUT2D eigenvalue weighted by Gasteiger charge is -2.10. The van der Waals surface area contributed by atoms with Crippen molar-refractivity contribution in [3.05, 3.63) is 78.4 Å². The van der Waals surface area contributed by atoms with Crippen molar-refractivity contribution in [2.45, 2.75) is 38.0 Å². The molecule has 6 rings (SSSR count). The van der Waals surface area contributed by atoms with Gasteiger partial charge in [0, 0.05) is 28.8 Å². The summed E-state index contributed by atoms with van der Waals surface area (Å²) in [6.45, 7) is 0. The van der Waals surface area contributed by atoms with Gasteiger partial charge in [-0.15, -0.1) is 0 Å². The van der Waals surface area contributed by atoms with E-state index in [0.717, 1.165) is 65.9 Å². The summed E-state index contributed by atoms with van der Waals surface area (Å²) in [5, 5.41) is 6.10. The molecule has 3 N–H and O–H groups in total. The number of aromatic nitrogens is 2. The minimum Gasteiger partial charge on any atom is -0.338 e. The van der Waals surface area contributed by atoms with E-state index in [4.69, 9.17) is 4.98 Å². The third-order valence-corrected chi connectivity index (χ3v) is 7.26. The Balaban J connectivity index is 1.11. The van der Waals surface area contributed by atoms with Crippen LogP contribution < -0.4 is 10.6 Å². The van der Waals surface area contributed by atoms with Gasteiger partial charge in [0.2, 0.25) is 11.8 Å². The fourth-order valence-corrected chi connectivity index (χ4v) is 5.16. The van der Waals surface area contributed by atoms with E-state index in [2.05, 4.69) is 27.8 Å². The van der Waals surface area contributed by atoms with Gasteiger partial charge in [0.15, 0.2) is 0 Å². The first-order chi connectivity index (χ1) is 17.1. The van der Waals surface area contributed by atoms with Crippen LogP contribution >= 0.6 is 0 Å². The first-order valence-corrected chi connectivity index (χ1v) is 12.4. The van der Waals surface area contributed by atoms with Crippen LogP contribution in [-0.2, 0) is 9.59 Å². The number of benzene rings is 3. The predicted molar refractivity (Wildman–Crippen MR) is 138 cm³/mol. The highest BCUT2D eigenvalue weighted by Crippen LogP contribution is 2.47. The molecule has 1 aromatic heterocycles. The number of hydrogen-bond acceptors (Lipinski definition) is 3. The number of nitrogens with one attached hydrogen (secondary N) is 3. The van der Waals surface area contributed by atoms with E-state index in [-0.39, 0.29) is 23.7 Å². The molecule has 4 aromatic rings. The number of carbonyl (C=O) groups is 2. The van der Waals surface area contributed by atoms with Crippen molar-refractivity contribution < 1.29 is 9.59 Å². The lowest BCUT2D eigenvalue weighted by atomic mass is 10.1. The molecule has 0 bridgehead atoms. The van der Waals surface area contributed by atoms with Crippen LogP contribution in [0.25, 0.3) is 22.4 Å². The van der Waals surface area contributed by atoms with Gasteiger partial charge < -0.3 is 15.6 Å². The van der Waals surface area contributed by atoms with Gasteiger partial charge in [0.25, 0.3) is 0 Å². The summed E-state index contributed by atoms with van der Waals surface area (Å²) in [5.74, 6) is 1.42. The van der Waals surface area contributed by atoms with E-state index < -0.39 is 0 Å². The number of aromatic amines is 1. The van der Waals surface area contributed by atoms with E-state index in [1.54, 1.807) is 0 Å². The molecule has 0 spiro atoms. The van der Waals surface area contributed by atoms with Gasteiger partial charge in [-0.1, -0.05) is 43.2 Å². The maximum Gasteiger partial charge on any atom is 0.228 e. The zero-order valence-corrected chi connectivity index (χ0v) is 19.5. The third kappa shape index (κ3) is 4.56. The van der Waals surface area contributed by atoms with Crippen LogP contribution in [-0.4, -0.2) is 21.8 Å². The molecule has 2 amide bonds. The number of carbonyl (C=O) groups excluding carboxylic acids is 2. The van der Waals surface area contributed by atoms with Crippen LogP contribution in [0, 0.1) is 11.8 Å². The highest BCUT2D eigenvalue weighted by molar-refractivity contribution is 5.96. The number of H-pyrrole nitrogens is 1. The van der Waals surface area contributed by atoms with Gasteiger partial charge in [-0.05, 0) is 73.2 Å². The molecule has 2 unspecified atom stereocenters. The van der Waals surface area contributed by atoms with Gasteiger partial charge in [0.05, 0.1) is 11.0 Å². The molecule has 2 aliphatic rings. The molecule has 2 aliphatic carbocycles. The van der Waals surface area contributed by atoms with Crippen molar-refractivity contribution in [1.82, 2.24) is 9.97 Å². The van der Waals surface area contributed by atoms with Crippen LogP contribution in [0.2, 0.25) is 0 Å². The fraction of sp³-hybridized carbons (Fsp3) is 0.276. The molecule has 2 fully saturated rings. The van der Waals surface area contributed by atoms with Crippen LogP contribution in [0.1, 0.15) is 43.6 Å². The second-order valence-corrected chi connectivity index (χ2v) is 9.71. The molecule has 2 atom stereocenters. The molecule has 3 aromatic carbocycles. The Morgan fingerprint density at radius 1 is 0.829 bits per heavy atom. The second-order valence-electron chi connectivity index (χ2n) is 9.71. The van der Waals surface area contributed by atoms with E-state index in [9.17, 15) is 9.59 Å². The zero-order valence-electron chi connectivity index (χ0n) is 19.5. The van der Waals surface area contributed by atoms with Crippen molar-refractivity contribution in [2.75, 3.05) is 10.6 Å². The third-order valence-electron chi connectivity index (χ3n) is 7.26. The summed E-state index contributed by atoms with van der Waals surface area (Å²) in [4.78, 5) is 33.2. The fourth-order valence-electron chi connectivity index (χ4n) is 5.16. The lowest BCUT2D eigenvalue weighted by Crippen LogP contribution is -2.20. The average Bonchev–Trinajstić information content (AvgIpc) is 3.28. The number of imidazole rings is 1. The lowest BCUT2D eigenvalue weighted by molar-refractivity contribution is -0.119. The molecule has 1 heterocycles. The first kappa shape index (κ1) is 21.6. The maximum atomic E-state index is 12.7. The number of amides is 2. The summed E-state index contributed by atoms with van der Waals surface area (Å²) in [6, 6.07) is 23.7. The van der Waals surface area contributed by atoms with Gasteiger partial charge in [0.1, 0.15) is 5.82 Å². The van der Waals surface area contributed by atoms with Crippen molar-refractivity contribution in [3.8, 4) is 11.4 Å². The summed E-state index contributed by atoms with van der Waals surface area (Å²) in [5.41, 5.74) is 5.46.